The lowest BCUT2D eigenvalue weighted by atomic mass is 9.93. The van der Waals surface area contributed by atoms with E-state index in [0.717, 1.165) is 60.8 Å². The molecule has 0 amide bonds. The fourth-order valence-electron chi connectivity index (χ4n) is 3.92. The van der Waals surface area contributed by atoms with Gasteiger partial charge < -0.3 is 14.7 Å². The van der Waals surface area contributed by atoms with Crippen molar-refractivity contribution < 1.29 is 27.8 Å². The Balaban J connectivity index is 1.49. The number of alkyl halides is 3. The van der Waals surface area contributed by atoms with Crippen LogP contribution in [0.4, 0.5) is 13.2 Å². The maximum atomic E-state index is 12.8. The molecule has 0 radical (unpaired) electrons. The number of ether oxygens (including phenoxy) is 1. The summed E-state index contributed by atoms with van der Waals surface area (Å²) in [6, 6.07) is 5.32. The van der Waals surface area contributed by atoms with Crippen LogP contribution in [0, 0.1) is 0 Å². The predicted molar refractivity (Wildman–Crippen MR) is 121 cm³/mol. The molecule has 1 aliphatic heterocycles. The first-order valence-electron chi connectivity index (χ1n) is 10.7. The molecule has 0 saturated carbocycles. The van der Waals surface area contributed by atoms with Crippen LogP contribution in [-0.2, 0) is 15.7 Å². The van der Waals surface area contributed by atoms with Crippen LogP contribution < -0.4 is 0 Å². The summed E-state index contributed by atoms with van der Waals surface area (Å²) in [5.74, 6) is -0.108. The van der Waals surface area contributed by atoms with Gasteiger partial charge in [0.05, 0.1) is 11.7 Å². The molecule has 1 fully saturated rings. The van der Waals surface area contributed by atoms with Gasteiger partial charge >= 0.3 is 12.1 Å². The Morgan fingerprint density at radius 1 is 1.22 bits per heavy atom. The molecule has 174 valence electrons. The highest BCUT2D eigenvalue weighted by atomic mass is 32.2. The molecule has 1 saturated heterocycles. The maximum absolute atomic E-state index is 12.8. The number of fused-ring (bicyclic) bond motifs is 1. The summed E-state index contributed by atoms with van der Waals surface area (Å²) in [6.45, 7) is 4.38. The van der Waals surface area contributed by atoms with Gasteiger partial charge in [0, 0.05) is 30.3 Å². The van der Waals surface area contributed by atoms with E-state index in [-0.39, 0.29) is 12.7 Å². The minimum Gasteiger partial charge on any atom is -0.480 e. The monoisotopic (exact) mass is 467 g/mol. The van der Waals surface area contributed by atoms with E-state index in [9.17, 15) is 18.0 Å². The summed E-state index contributed by atoms with van der Waals surface area (Å²) in [5, 5.41) is 8.79. The average Bonchev–Trinajstić information content (AvgIpc) is 2.97. The second-order valence-electron chi connectivity index (χ2n) is 7.82. The van der Waals surface area contributed by atoms with Crippen LogP contribution in [0.15, 0.2) is 53.6 Å². The molecule has 3 rings (SSSR count). The van der Waals surface area contributed by atoms with Crippen molar-refractivity contribution in [2.45, 2.75) is 38.5 Å². The Kier molecular flexibility index (Phi) is 8.62. The first kappa shape index (κ1) is 24.6. The number of carbonyl (C=O) groups is 1. The van der Waals surface area contributed by atoms with Gasteiger partial charge in [0.1, 0.15) is 6.61 Å². The van der Waals surface area contributed by atoms with Crippen LogP contribution in [0.1, 0.15) is 37.3 Å². The van der Waals surface area contributed by atoms with Crippen LogP contribution in [0.3, 0.4) is 0 Å². The third-order valence-corrected chi connectivity index (χ3v) is 6.80. The molecule has 1 aromatic rings. The van der Waals surface area contributed by atoms with Crippen molar-refractivity contribution in [3.8, 4) is 0 Å². The second-order valence-corrected chi connectivity index (χ2v) is 8.96. The van der Waals surface area contributed by atoms with E-state index in [1.54, 1.807) is 11.8 Å². The van der Waals surface area contributed by atoms with Crippen LogP contribution in [0.2, 0.25) is 0 Å². The van der Waals surface area contributed by atoms with Crippen molar-refractivity contribution in [2.24, 2.45) is 0 Å². The summed E-state index contributed by atoms with van der Waals surface area (Å²) < 4.78 is 43.8. The second kappa shape index (κ2) is 11.2. The van der Waals surface area contributed by atoms with E-state index in [1.165, 1.54) is 23.3 Å². The molecule has 2 aliphatic rings. The Morgan fingerprint density at radius 2 is 1.91 bits per heavy atom. The van der Waals surface area contributed by atoms with Gasteiger partial charge in [0.25, 0.3) is 0 Å². The molecule has 1 unspecified atom stereocenters. The quantitative estimate of drug-likeness (QED) is 0.538. The standard InChI is InChI=1S/C24H28F3NO3S/c1-2-22(18-3-6-20(7-4-18)24(25,26)27)32-14-13-28-11-9-17-5-8-21(31-16-23(29)30)15-19(17)10-12-28/h2-7,15,21H,8-14,16H2,1H3,(H,29,30)/b22-2-. The maximum Gasteiger partial charge on any atom is 0.416 e. The lowest BCUT2D eigenvalue weighted by Crippen LogP contribution is -2.27. The number of halogens is 3. The molecular weight excluding hydrogens is 439 g/mol. The lowest BCUT2D eigenvalue weighted by molar-refractivity contribution is -0.143. The average molecular weight is 468 g/mol. The molecular formula is C24H28F3NO3S. The molecule has 0 spiro atoms. The smallest absolute Gasteiger partial charge is 0.416 e. The van der Waals surface area contributed by atoms with Gasteiger partial charge in [0.15, 0.2) is 0 Å². The minimum atomic E-state index is -4.32. The highest BCUT2D eigenvalue weighted by Crippen LogP contribution is 2.33. The van der Waals surface area contributed by atoms with Crippen molar-refractivity contribution in [1.29, 1.82) is 0 Å². The molecule has 8 heteroatoms. The third-order valence-electron chi connectivity index (χ3n) is 5.64. The van der Waals surface area contributed by atoms with Crippen molar-refractivity contribution in [1.82, 2.24) is 4.90 Å². The highest BCUT2D eigenvalue weighted by molar-refractivity contribution is 8.08. The summed E-state index contributed by atoms with van der Waals surface area (Å²) in [6.07, 6.45) is 4.25. The van der Waals surface area contributed by atoms with E-state index in [2.05, 4.69) is 17.1 Å². The molecule has 1 heterocycles. The fraction of sp³-hybridized carbons (Fsp3) is 0.458. The highest BCUT2D eigenvalue weighted by Gasteiger charge is 2.30. The van der Waals surface area contributed by atoms with Crippen LogP contribution in [-0.4, -0.2) is 54.1 Å². The molecule has 32 heavy (non-hydrogen) atoms. The number of benzene rings is 1. The number of rotatable bonds is 8. The number of nitrogens with zero attached hydrogens (tertiary/aromatic N) is 1. The van der Waals surface area contributed by atoms with E-state index >= 15 is 0 Å². The zero-order valence-electron chi connectivity index (χ0n) is 18.0. The molecule has 4 nitrogen and oxygen atoms in total. The Hall–Kier alpha value is -2.03. The van der Waals surface area contributed by atoms with Gasteiger partial charge in [-0.25, -0.2) is 4.79 Å². The molecule has 0 bridgehead atoms. The summed E-state index contributed by atoms with van der Waals surface area (Å²) >= 11 is 1.66. The third kappa shape index (κ3) is 6.98. The van der Waals surface area contributed by atoms with Crippen molar-refractivity contribution in [2.75, 3.05) is 32.0 Å². The van der Waals surface area contributed by atoms with Gasteiger partial charge in [-0.2, -0.15) is 13.2 Å². The lowest BCUT2D eigenvalue weighted by Gasteiger charge is -2.20. The van der Waals surface area contributed by atoms with Gasteiger partial charge in [-0.15, -0.1) is 11.8 Å². The number of hydrogen-bond acceptors (Lipinski definition) is 4. The Morgan fingerprint density at radius 3 is 2.53 bits per heavy atom. The fourth-order valence-corrected chi connectivity index (χ4v) is 4.96. The molecule has 0 aromatic heterocycles. The number of thioether (sulfide) groups is 1. The zero-order valence-corrected chi connectivity index (χ0v) is 18.8. The van der Waals surface area contributed by atoms with E-state index in [1.807, 2.05) is 13.0 Å². The first-order valence-corrected chi connectivity index (χ1v) is 11.7. The van der Waals surface area contributed by atoms with E-state index in [4.69, 9.17) is 9.84 Å². The molecule has 1 N–H and O–H groups in total. The van der Waals surface area contributed by atoms with Gasteiger partial charge in [-0.05, 0) is 55.0 Å². The molecule has 1 aromatic carbocycles. The number of allylic oxidation sites excluding steroid dienone is 1. The number of carboxylic acids is 1. The number of aliphatic carboxylic acids is 1. The number of carboxylic acid groups (broad SMARTS) is 1. The van der Waals surface area contributed by atoms with Crippen LogP contribution in [0.5, 0.6) is 0 Å². The largest absolute Gasteiger partial charge is 0.480 e. The van der Waals surface area contributed by atoms with Crippen LogP contribution in [0.25, 0.3) is 4.91 Å². The topological polar surface area (TPSA) is 49.8 Å². The minimum absolute atomic E-state index is 0.173. The Labute approximate surface area is 190 Å². The normalized spacial score (nSPS) is 20.2. The summed E-state index contributed by atoms with van der Waals surface area (Å²) in [7, 11) is 0. The van der Waals surface area contributed by atoms with Crippen LogP contribution >= 0.6 is 11.8 Å². The first-order chi connectivity index (χ1) is 15.3. The molecule has 1 atom stereocenters. The van der Waals surface area contributed by atoms with E-state index in [0.29, 0.717) is 6.42 Å². The van der Waals surface area contributed by atoms with Gasteiger partial charge in [0.2, 0.25) is 0 Å². The van der Waals surface area contributed by atoms with Crippen molar-refractivity contribution >= 4 is 22.6 Å². The van der Waals surface area contributed by atoms with Gasteiger partial charge in [-0.1, -0.05) is 30.4 Å². The zero-order chi connectivity index (χ0) is 23.1. The van der Waals surface area contributed by atoms with E-state index < -0.39 is 17.7 Å². The van der Waals surface area contributed by atoms with Crippen molar-refractivity contribution in [3.05, 3.63) is 64.8 Å². The molecule has 1 aliphatic carbocycles. The number of likely N-dealkylation sites (tertiary alicyclic amines) is 1. The summed E-state index contributed by atoms with van der Waals surface area (Å²) in [5.41, 5.74) is 2.75. The number of hydrogen-bond donors (Lipinski definition) is 1. The predicted octanol–water partition coefficient (Wildman–Crippen LogP) is 5.62. The summed E-state index contributed by atoms with van der Waals surface area (Å²) in [4.78, 5) is 14.1. The van der Waals surface area contributed by atoms with Crippen molar-refractivity contribution in [3.63, 3.8) is 0 Å². The van der Waals surface area contributed by atoms with Gasteiger partial charge in [-0.3, -0.25) is 0 Å². The SMILES string of the molecule is C/C=C(\SCCN1CCC2=CCC(OCC(=O)O)C=C2CC1)c1ccc(C(F)(F)F)cc1. The Bertz CT molecular complexity index is 891.